The van der Waals surface area contributed by atoms with Crippen molar-refractivity contribution < 1.29 is 14.3 Å². The van der Waals surface area contributed by atoms with Gasteiger partial charge in [-0.05, 0) is 65.5 Å². The molecule has 2 aromatic carbocycles. The highest BCUT2D eigenvalue weighted by Gasteiger charge is 2.27. The molecule has 0 unspecified atom stereocenters. The molecule has 168 valence electrons. The zero-order valence-corrected chi connectivity index (χ0v) is 21.0. The summed E-state index contributed by atoms with van der Waals surface area (Å²) in [5.41, 5.74) is 1.74. The predicted molar refractivity (Wildman–Crippen MR) is 129 cm³/mol. The first kappa shape index (κ1) is 25.5. The van der Waals surface area contributed by atoms with E-state index in [2.05, 4.69) is 28.2 Å². The molecule has 2 rings (SSSR count). The van der Waals surface area contributed by atoms with Crippen LogP contribution < -0.4 is 10.1 Å². The van der Waals surface area contributed by atoms with Gasteiger partial charge in [-0.1, -0.05) is 49.2 Å². The zero-order valence-electron chi connectivity index (χ0n) is 17.9. The van der Waals surface area contributed by atoms with Crippen molar-refractivity contribution in [3.05, 3.63) is 62.0 Å². The van der Waals surface area contributed by atoms with Crippen LogP contribution in [0.5, 0.6) is 5.75 Å². The molecule has 0 bridgehead atoms. The summed E-state index contributed by atoms with van der Waals surface area (Å²) in [4.78, 5) is 27.1. The highest BCUT2D eigenvalue weighted by atomic mass is 79.9. The van der Waals surface area contributed by atoms with Crippen LogP contribution in [0.3, 0.4) is 0 Å². The molecule has 0 saturated heterocycles. The third kappa shape index (κ3) is 7.13. The summed E-state index contributed by atoms with van der Waals surface area (Å²) in [6.45, 7) is 6.11. The summed E-state index contributed by atoms with van der Waals surface area (Å²) in [6, 6.07) is 10.2. The van der Waals surface area contributed by atoms with Crippen LogP contribution in [0.1, 0.15) is 38.3 Å². The molecule has 0 aliphatic rings. The molecule has 31 heavy (non-hydrogen) atoms. The number of rotatable bonds is 10. The van der Waals surface area contributed by atoms with E-state index >= 15 is 0 Å². The summed E-state index contributed by atoms with van der Waals surface area (Å²) in [5, 5.41) is 3.70. The molecular formula is C23H27BrCl2N2O3. The first-order valence-corrected chi connectivity index (χ1v) is 11.7. The Bertz CT molecular complexity index is 903. The molecule has 0 radical (unpaired) electrons. The molecule has 1 N–H and O–H groups in total. The van der Waals surface area contributed by atoms with Gasteiger partial charge in [0.2, 0.25) is 5.91 Å². The van der Waals surface area contributed by atoms with Gasteiger partial charge in [0.1, 0.15) is 11.8 Å². The number of carbonyl (C=O) groups excluding carboxylic acids is 2. The van der Waals surface area contributed by atoms with Crippen LogP contribution in [0.4, 0.5) is 0 Å². The van der Waals surface area contributed by atoms with Crippen molar-refractivity contribution in [1.29, 1.82) is 0 Å². The van der Waals surface area contributed by atoms with Crippen LogP contribution in [0.2, 0.25) is 10.0 Å². The highest BCUT2D eigenvalue weighted by Crippen LogP contribution is 2.28. The van der Waals surface area contributed by atoms with Crippen LogP contribution >= 0.6 is 39.1 Å². The molecule has 2 amide bonds. The fourth-order valence-electron chi connectivity index (χ4n) is 2.94. The van der Waals surface area contributed by atoms with Crippen LogP contribution in [-0.2, 0) is 22.6 Å². The molecule has 0 saturated carbocycles. The summed E-state index contributed by atoms with van der Waals surface area (Å²) in [7, 11) is 0. The maximum Gasteiger partial charge on any atom is 0.261 e. The lowest BCUT2D eigenvalue weighted by atomic mass is 10.1. The van der Waals surface area contributed by atoms with E-state index < -0.39 is 6.04 Å². The fraction of sp³-hybridized carbons (Fsp3) is 0.391. The third-order valence-electron chi connectivity index (χ3n) is 4.86. The molecule has 0 aliphatic heterocycles. The van der Waals surface area contributed by atoms with Crippen molar-refractivity contribution in [2.24, 2.45) is 0 Å². The smallest absolute Gasteiger partial charge is 0.261 e. The summed E-state index contributed by atoms with van der Waals surface area (Å²) in [5.74, 6) is -0.0298. The van der Waals surface area contributed by atoms with Gasteiger partial charge in [0, 0.05) is 28.7 Å². The van der Waals surface area contributed by atoms with E-state index in [4.69, 9.17) is 27.9 Å². The van der Waals surface area contributed by atoms with Crippen LogP contribution in [0.25, 0.3) is 0 Å². The number of amides is 2. The predicted octanol–water partition coefficient (Wildman–Crippen LogP) is 5.64. The van der Waals surface area contributed by atoms with Crippen molar-refractivity contribution in [3.63, 3.8) is 0 Å². The maximum absolute atomic E-state index is 13.1. The van der Waals surface area contributed by atoms with Crippen molar-refractivity contribution >= 4 is 50.9 Å². The molecule has 0 aromatic heterocycles. The van der Waals surface area contributed by atoms with Gasteiger partial charge >= 0.3 is 0 Å². The summed E-state index contributed by atoms with van der Waals surface area (Å²) >= 11 is 16.1. The monoisotopic (exact) mass is 528 g/mol. The summed E-state index contributed by atoms with van der Waals surface area (Å²) in [6.07, 6.45) is 1.70. The SMILES string of the molecule is CCCNC(=O)[C@@H](C)N(Cc1c(Cl)cccc1Cl)C(=O)COc1ccc(CC)cc1Br. The van der Waals surface area contributed by atoms with E-state index in [1.165, 1.54) is 4.90 Å². The molecule has 0 heterocycles. The molecule has 0 spiro atoms. The molecule has 0 aliphatic carbocycles. The Morgan fingerprint density at radius 1 is 1.16 bits per heavy atom. The Morgan fingerprint density at radius 2 is 1.84 bits per heavy atom. The zero-order chi connectivity index (χ0) is 23.0. The average molecular weight is 530 g/mol. The lowest BCUT2D eigenvalue weighted by Gasteiger charge is -2.29. The quantitative estimate of drug-likeness (QED) is 0.433. The topological polar surface area (TPSA) is 58.6 Å². The number of ether oxygens (including phenoxy) is 1. The van der Waals surface area contributed by atoms with Crippen molar-refractivity contribution in [3.8, 4) is 5.75 Å². The maximum atomic E-state index is 13.1. The van der Waals surface area contributed by atoms with Crippen molar-refractivity contribution in [2.75, 3.05) is 13.2 Å². The van der Waals surface area contributed by atoms with Gasteiger partial charge in [0.05, 0.1) is 4.47 Å². The van der Waals surface area contributed by atoms with Gasteiger partial charge in [0.15, 0.2) is 6.61 Å². The van der Waals surface area contributed by atoms with E-state index in [0.717, 1.165) is 22.9 Å². The van der Waals surface area contributed by atoms with Crippen molar-refractivity contribution in [1.82, 2.24) is 10.2 Å². The number of aryl methyl sites for hydroxylation is 1. The standard InChI is InChI=1S/C23H27BrCl2N2O3/c1-4-11-27-23(30)15(3)28(13-17-19(25)7-6-8-20(17)26)22(29)14-31-21-10-9-16(5-2)12-18(21)24/h6-10,12,15H,4-5,11,13-14H2,1-3H3,(H,27,30)/t15-/m1/s1. The van der Waals surface area contributed by atoms with E-state index in [-0.39, 0.29) is 25.0 Å². The van der Waals surface area contributed by atoms with Gasteiger partial charge in [0.25, 0.3) is 5.91 Å². The first-order chi connectivity index (χ1) is 14.8. The number of halogens is 3. The van der Waals surface area contributed by atoms with Crippen molar-refractivity contribution in [2.45, 2.75) is 46.2 Å². The van der Waals surface area contributed by atoms with Gasteiger partial charge < -0.3 is 15.0 Å². The lowest BCUT2D eigenvalue weighted by molar-refractivity contribution is -0.142. The first-order valence-electron chi connectivity index (χ1n) is 10.2. The normalized spacial score (nSPS) is 11.7. The Balaban J connectivity index is 2.22. The van der Waals surface area contributed by atoms with E-state index in [1.54, 1.807) is 25.1 Å². The average Bonchev–Trinajstić information content (AvgIpc) is 2.75. The van der Waals surface area contributed by atoms with Crippen LogP contribution in [0, 0.1) is 0 Å². The minimum absolute atomic E-state index is 0.0946. The van der Waals surface area contributed by atoms with Gasteiger partial charge in [-0.2, -0.15) is 0 Å². The molecule has 8 heteroatoms. The Labute approximate surface area is 202 Å². The van der Waals surface area contributed by atoms with Gasteiger partial charge in [-0.3, -0.25) is 9.59 Å². The highest BCUT2D eigenvalue weighted by molar-refractivity contribution is 9.10. The number of hydrogen-bond donors (Lipinski definition) is 1. The number of carbonyl (C=O) groups is 2. The number of benzene rings is 2. The molecule has 0 fully saturated rings. The van der Waals surface area contributed by atoms with Crippen LogP contribution in [-0.4, -0.2) is 35.9 Å². The second-order valence-electron chi connectivity index (χ2n) is 7.10. The van der Waals surface area contributed by atoms with Crippen LogP contribution in [0.15, 0.2) is 40.9 Å². The Morgan fingerprint density at radius 3 is 2.42 bits per heavy atom. The number of nitrogens with zero attached hydrogens (tertiary/aromatic N) is 1. The molecule has 1 atom stereocenters. The number of nitrogens with one attached hydrogen (secondary N) is 1. The second-order valence-corrected chi connectivity index (χ2v) is 8.76. The van der Waals surface area contributed by atoms with Gasteiger partial charge in [-0.15, -0.1) is 0 Å². The fourth-order valence-corrected chi connectivity index (χ4v) is 3.99. The minimum Gasteiger partial charge on any atom is -0.483 e. The number of hydrogen-bond acceptors (Lipinski definition) is 3. The Kier molecular flexibility index (Phi) is 10.1. The van der Waals surface area contributed by atoms with Gasteiger partial charge in [-0.25, -0.2) is 0 Å². The largest absolute Gasteiger partial charge is 0.483 e. The minimum atomic E-state index is -0.721. The van der Waals surface area contributed by atoms with E-state index in [0.29, 0.717) is 27.9 Å². The van der Waals surface area contributed by atoms with E-state index in [1.807, 2.05) is 25.1 Å². The molecule has 5 nitrogen and oxygen atoms in total. The lowest BCUT2D eigenvalue weighted by Crippen LogP contribution is -2.49. The molecule has 2 aromatic rings. The Hall–Kier alpha value is -1.76. The second kappa shape index (κ2) is 12.3. The summed E-state index contributed by atoms with van der Waals surface area (Å²) < 4.78 is 6.52. The molecular weight excluding hydrogens is 503 g/mol. The third-order valence-corrected chi connectivity index (χ3v) is 6.19. The van der Waals surface area contributed by atoms with E-state index in [9.17, 15) is 9.59 Å².